The minimum Gasteiger partial charge on any atom is -0.324 e. The quantitative estimate of drug-likeness (QED) is 0.670. The molecular formula is C22H25N5. The van der Waals surface area contributed by atoms with Gasteiger partial charge in [0.1, 0.15) is 0 Å². The molecule has 5 rings (SSSR count). The number of H-pyrrole nitrogens is 1. The van der Waals surface area contributed by atoms with Gasteiger partial charge in [-0.3, -0.25) is 5.10 Å². The first-order valence-electron chi connectivity index (χ1n) is 10.0. The van der Waals surface area contributed by atoms with E-state index in [1.807, 2.05) is 24.5 Å². The zero-order valence-electron chi connectivity index (χ0n) is 15.7. The second kappa shape index (κ2) is 6.80. The van der Waals surface area contributed by atoms with Crippen LogP contribution in [0.2, 0.25) is 0 Å². The summed E-state index contributed by atoms with van der Waals surface area (Å²) in [6.07, 6.45) is 14.2. The number of aromatic amines is 1. The molecule has 2 aliphatic carbocycles. The van der Waals surface area contributed by atoms with E-state index in [1.54, 1.807) is 0 Å². The van der Waals surface area contributed by atoms with Crippen molar-refractivity contribution in [3.05, 3.63) is 47.9 Å². The highest BCUT2D eigenvalue weighted by Crippen LogP contribution is 2.38. The van der Waals surface area contributed by atoms with Crippen molar-refractivity contribution in [3.63, 3.8) is 0 Å². The van der Waals surface area contributed by atoms with Crippen LogP contribution in [0.5, 0.6) is 0 Å². The molecule has 2 aromatic heterocycles. The topological polar surface area (TPSA) is 66.5 Å². The summed E-state index contributed by atoms with van der Waals surface area (Å²) in [5.41, 5.74) is 5.74. The highest BCUT2D eigenvalue weighted by Gasteiger charge is 2.27. The lowest BCUT2D eigenvalue weighted by atomic mass is 9.74. The molecular weight excluding hydrogens is 334 g/mol. The number of allylic oxidation sites excluding steroid dienone is 2. The highest BCUT2D eigenvalue weighted by atomic mass is 15.1. The highest BCUT2D eigenvalue weighted by molar-refractivity contribution is 5.82. The van der Waals surface area contributed by atoms with E-state index in [2.05, 4.69) is 39.6 Å². The smallest absolute Gasteiger partial charge is 0.227 e. The van der Waals surface area contributed by atoms with Crippen molar-refractivity contribution in [1.82, 2.24) is 20.2 Å². The summed E-state index contributed by atoms with van der Waals surface area (Å²) in [5, 5.41) is 11.5. The van der Waals surface area contributed by atoms with Crippen LogP contribution < -0.4 is 5.32 Å². The molecule has 0 saturated heterocycles. The second-order valence-corrected chi connectivity index (χ2v) is 7.97. The van der Waals surface area contributed by atoms with E-state index in [0.717, 1.165) is 28.9 Å². The number of fused-ring (bicyclic) bond motifs is 2. The Balaban J connectivity index is 1.40. The summed E-state index contributed by atoms with van der Waals surface area (Å²) in [7, 11) is 0. The van der Waals surface area contributed by atoms with Crippen LogP contribution in [0, 0.1) is 11.8 Å². The zero-order valence-corrected chi connectivity index (χ0v) is 15.7. The van der Waals surface area contributed by atoms with Crippen LogP contribution in [-0.2, 0) is 6.42 Å². The number of aromatic nitrogens is 4. The average molecular weight is 359 g/mol. The van der Waals surface area contributed by atoms with E-state index in [4.69, 9.17) is 4.98 Å². The Hall–Kier alpha value is -2.69. The van der Waals surface area contributed by atoms with E-state index in [0.29, 0.717) is 11.9 Å². The van der Waals surface area contributed by atoms with Crippen molar-refractivity contribution in [3.8, 4) is 0 Å². The van der Waals surface area contributed by atoms with Gasteiger partial charge in [0.25, 0.3) is 0 Å². The van der Waals surface area contributed by atoms with E-state index in [-0.39, 0.29) is 0 Å². The maximum atomic E-state index is 4.89. The van der Waals surface area contributed by atoms with Gasteiger partial charge in [0.2, 0.25) is 5.95 Å². The molecule has 2 heterocycles. The van der Waals surface area contributed by atoms with Gasteiger partial charge in [-0.25, -0.2) is 9.97 Å². The summed E-state index contributed by atoms with van der Waals surface area (Å²) < 4.78 is 0. The molecule has 0 amide bonds. The lowest BCUT2D eigenvalue weighted by molar-refractivity contribution is 0.282. The first-order valence-corrected chi connectivity index (χ1v) is 10.0. The first-order chi connectivity index (χ1) is 13.3. The number of hydrogen-bond acceptors (Lipinski definition) is 4. The molecule has 0 aliphatic heterocycles. The van der Waals surface area contributed by atoms with Crippen molar-refractivity contribution in [2.45, 2.75) is 45.4 Å². The first kappa shape index (κ1) is 16.5. The summed E-state index contributed by atoms with van der Waals surface area (Å²) in [5.74, 6) is 2.12. The van der Waals surface area contributed by atoms with Crippen molar-refractivity contribution in [2.75, 3.05) is 5.32 Å². The number of nitrogens with one attached hydrogen (secondary N) is 2. The molecule has 1 fully saturated rings. The Kier molecular flexibility index (Phi) is 4.15. The summed E-state index contributed by atoms with van der Waals surface area (Å²) in [4.78, 5) is 9.44. The van der Waals surface area contributed by atoms with Crippen molar-refractivity contribution in [2.24, 2.45) is 11.8 Å². The molecule has 0 spiro atoms. The van der Waals surface area contributed by atoms with Gasteiger partial charge in [-0.1, -0.05) is 25.3 Å². The molecule has 0 bridgehead atoms. The predicted molar refractivity (Wildman–Crippen MR) is 109 cm³/mol. The third-order valence-corrected chi connectivity index (χ3v) is 6.14. The Morgan fingerprint density at radius 2 is 2.00 bits per heavy atom. The molecule has 2 N–H and O–H groups in total. The maximum Gasteiger partial charge on any atom is 0.227 e. The molecule has 138 valence electrons. The average Bonchev–Trinajstić information content (AvgIpc) is 3.16. The summed E-state index contributed by atoms with van der Waals surface area (Å²) in [6.45, 7) is 2.21. The Labute approximate surface area is 159 Å². The van der Waals surface area contributed by atoms with Gasteiger partial charge in [0.15, 0.2) is 0 Å². The van der Waals surface area contributed by atoms with Crippen LogP contribution in [0.4, 0.5) is 11.6 Å². The molecule has 1 aromatic carbocycles. The van der Waals surface area contributed by atoms with Crippen LogP contribution in [0.1, 0.15) is 50.3 Å². The Morgan fingerprint density at radius 1 is 1.11 bits per heavy atom. The fraction of sp³-hybridized carbons (Fsp3) is 0.409. The van der Waals surface area contributed by atoms with Gasteiger partial charge in [-0.2, -0.15) is 5.10 Å². The molecule has 5 heteroatoms. The van der Waals surface area contributed by atoms with Crippen LogP contribution in [0.15, 0.2) is 36.7 Å². The van der Waals surface area contributed by atoms with Crippen LogP contribution in [0.25, 0.3) is 16.5 Å². The monoisotopic (exact) mass is 359 g/mol. The van der Waals surface area contributed by atoms with Gasteiger partial charge in [0, 0.05) is 22.8 Å². The maximum absolute atomic E-state index is 4.89. The van der Waals surface area contributed by atoms with Crippen LogP contribution >= 0.6 is 0 Å². The van der Waals surface area contributed by atoms with E-state index < -0.39 is 0 Å². The number of hydrogen-bond donors (Lipinski definition) is 2. The summed E-state index contributed by atoms with van der Waals surface area (Å²) >= 11 is 0. The lowest BCUT2D eigenvalue weighted by Gasteiger charge is -2.31. The van der Waals surface area contributed by atoms with Gasteiger partial charge in [0.05, 0.1) is 17.4 Å². The molecule has 1 saturated carbocycles. The molecule has 0 radical (unpaired) electrons. The number of rotatable bonds is 3. The molecule has 1 atom stereocenters. The Morgan fingerprint density at radius 3 is 2.89 bits per heavy atom. The van der Waals surface area contributed by atoms with E-state index in [9.17, 15) is 0 Å². The van der Waals surface area contributed by atoms with E-state index >= 15 is 0 Å². The fourth-order valence-electron chi connectivity index (χ4n) is 4.67. The third kappa shape index (κ3) is 3.22. The van der Waals surface area contributed by atoms with E-state index in [1.165, 1.54) is 48.9 Å². The molecule has 1 unspecified atom stereocenters. The largest absolute Gasteiger partial charge is 0.324 e. The fourth-order valence-corrected chi connectivity index (χ4v) is 4.67. The second-order valence-electron chi connectivity index (χ2n) is 7.97. The van der Waals surface area contributed by atoms with Gasteiger partial charge in [-0.15, -0.1) is 0 Å². The third-order valence-electron chi connectivity index (χ3n) is 6.14. The van der Waals surface area contributed by atoms with Gasteiger partial charge in [-0.05, 0) is 61.8 Å². The molecule has 2 aliphatic rings. The van der Waals surface area contributed by atoms with Gasteiger partial charge >= 0.3 is 0 Å². The van der Waals surface area contributed by atoms with Crippen molar-refractivity contribution < 1.29 is 0 Å². The minimum atomic E-state index is 0.628. The number of benzene rings is 1. The molecule has 5 nitrogen and oxygen atoms in total. The van der Waals surface area contributed by atoms with Crippen LogP contribution in [0.3, 0.4) is 0 Å². The normalized spacial score (nSPS) is 20.3. The molecule has 3 aromatic rings. The summed E-state index contributed by atoms with van der Waals surface area (Å²) in [6, 6.07) is 6.12. The Bertz CT molecular complexity index is 997. The SMILES string of the molecule is CC1=CC(C2CCCCC2)Cc2nc(Nc3ccc4[nH]ncc4c3)ncc21. The zero-order chi connectivity index (χ0) is 18.2. The predicted octanol–water partition coefficient (Wildman–Crippen LogP) is 5.25. The number of anilines is 2. The van der Waals surface area contributed by atoms with Gasteiger partial charge < -0.3 is 5.32 Å². The van der Waals surface area contributed by atoms with Crippen LogP contribution in [-0.4, -0.2) is 20.2 Å². The van der Waals surface area contributed by atoms with Crippen molar-refractivity contribution >= 4 is 28.1 Å². The molecule has 27 heavy (non-hydrogen) atoms. The number of nitrogens with zero attached hydrogens (tertiary/aromatic N) is 3. The standard InChI is InChI=1S/C22H25N5/c1-14-9-16(15-5-3-2-4-6-15)11-21-19(14)13-23-22(26-21)25-18-7-8-20-17(10-18)12-24-27-20/h7-10,12-13,15-16H,2-6,11H2,1H3,(H,24,27)(H,23,25,26). The minimum absolute atomic E-state index is 0.628. The lowest BCUT2D eigenvalue weighted by Crippen LogP contribution is -2.22. The van der Waals surface area contributed by atoms with Crippen molar-refractivity contribution in [1.29, 1.82) is 0 Å².